The Labute approximate surface area is 115 Å². The van der Waals surface area contributed by atoms with Gasteiger partial charge in [-0.1, -0.05) is 26.2 Å². The van der Waals surface area contributed by atoms with Crippen molar-refractivity contribution in [1.29, 1.82) is 5.41 Å². The SMILES string of the molecule is CCCCCCOCCOc1ccc(C(=N)N)cc1. The second kappa shape index (κ2) is 9.39. The summed E-state index contributed by atoms with van der Waals surface area (Å²) >= 11 is 0. The number of ether oxygens (including phenoxy) is 2. The van der Waals surface area contributed by atoms with Crippen LogP contribution in [0.25, 0.3) is 0 Å². The van der Waals surface area contributed by atoms with Crippen LogP contribution >= 0.6 is 0 Å². The Balaban J connectivity index is 2.07. The first-order valence-electron chi connectivity index (χ1n) is 6.89. The van der Waals surface area contributed by atoms with Crippen LogP contribution < -0.4 is 10.5 Å². The molecule has 4 nitrogen and oxygen atoms in total. The summed E-state index contributed by atoms with van der Waals surface area (Å²) in [5.41, 5.74) is 6.08. The number of benzene rings is 1. The Morgan fingerprint density at radius 2 is 1.79 bits per heavy atom. The molecule has 1 aromatic rings. The van der Waals surface area contributed by atoms with E-state index in [0.717, 1.165) is 18.8 Å². The van der Waals surface area contributed by atoms with E-state index in [0.29, 0.717) is 18.8 Å². The molecule has 0 aliphatic carbocycles. The summed E-state index contributed by atoms with van der Waals surface area (Å²) in [5, 5.41) is 7.28. The summed E-state index contributed by atoms with van der Waals surface area (Å²) in [6.07, 6.45) is 4.90. The van der Waals surface area contributed by atoms with Gasteiger partial charge in [0.25, 0.3) is 0 Å². The number of hydrogen-bond donors (Lipinski definition) is 2. The number of hydrogen-bond acceptors (Lipinski definition) is 3. The van der Waals surface area contributed by atoms with E-state index in [-0.39, 0.29) is 5.84 Å². The zero-order chi connectivity index (χ0) is 13.9. The van der Waals surface area contributed by atoms with Gasteiger partial charge >= 0.3 is 0 Å². The third kappa shape index (κ3) is 6.82. The van der Waals surface area contributed by atoms with Crippen molar-refractivity contribution in [2.24, 2.45) is 5.73 Å². The van der Waals surface area contributed by atoms with Crippen molar-refractivity contribution in [3.63, 3.8) is 0 Å². The molecule has 3 N–H and O–H groups in total. The van der Waals surface area contributed by atoms with Crippen molar-refractivity contribution >= 4 is 5.84 Å². The standard InChI is InChI=1S/C15H24N2O2/c1-2-3-4-5-10-18-11-12-19-14-8-6-13(7-9-14)15(16)17/h6-9H,2-5,10-12H2,1H3,(H3,16,17). The molecule has 0 spiro atoms. The fourth-order valence-corrected chi connectivity index (χ4v) is 1.68. The molecular formula is C15H24N2O2. The van der Waals surface area contributed by atoms with E-state index < -0.39 is 0 Å². The maximum atomic E-state index is 7.28. The highest BCUT2D eigenvalue weighted by Gasteiger charge is 1.97. The molecule has 0 unspecified atom stereocenters. The lowest BCUT2D eigenvalue weighted by Gasteiger charge is -2.07. The number of amidine groups is 1. The molecule has 0 saturated heterocycles. The molecule has 19 heavy (non-hydrogen) atoms. The van der Waals surface area contributed by atoms with Crippen LogP contribution in [0.4, 0.5) is 0 Å². The van der Waals surface area contributed by atoms with Crippen molar-refractivity contribution in [1.82, 2.24) is 0 Å². The van der Waals surface area contributed by atoms with E-state index in [4.69, 9.17) is 20.6 Å². The Hall–Kier alpha value is -1.55. The highest BCUT2D eigenvalue weighted by Crippen LogP contribution is 2.11. The Morgan fingerprint density at radius 3 is 2.42 bits per heavy atom. The number of unbranched alkanes of at least 4 members (excludes halogenated alkanes) is 3. The maximum Gasteiger partial charge on any atom is 0.122 e. The van der Waals surface area contributed by atoms with Gasteiger partial charge in [0, 0.05) is 12.2 Å². The summed E-state index contributed by atoms with van der Waals surface area (Å²) in [7, 11) is 0. The molecule has 0 aromatic heterocycles. The van der Waals surface area contributed by atoms with Gasteiger partial charge < -0.3 is 15.2 Å². The first-order valence-corrected chi connectivity index (χ1v) is 6.89. The molecule has 1 rings (SSSR count). The van der Waals surface area contributed by atoms with Crippen LogP contribution in [0.2, 0.25) is 0 Å². The number of nitrogen functional groups attached to an aromatic ring is 1. The fourth-order valence-electron chi connectivity index (χ4n) is 1.68. The van der Waals surface area contributed by atoms with Crippen LogP contribution in [-0.4, -0.2) is 25.7 Å². The van der Waals surface area contributed by atoms with Gasteiger partial charge in [-0.15, -0.1) is 0 Å². The molecule has 0 aliphatic heterocycles. The molecule has 0 saturated carbocycles. The lowest BCUT2D eigenvalue weighted by molar-refractivity contribution is 0.0971. The zero-order valence-electron chi connectivity index (χ0n) is 11.7. The van der Waals surface area contributed by atoms with Gasteiger partial charge in [-0.3, -0.25) is 5.41 Å². The summed E-state index contributed by atoms with van der Waals surface area (Å²) in [5.74, 6) is 0.849. The third-order valence-corrected chi connectivity index (χ3v) is 2.80. The van der Waals surface area contributed by atoms with E-state index in [2.05, 4.69) is 6.92 Å². The third-order valence-electron chi connectivity index (χ3n) is 2.80. The molecule has 0 bridgehead atoms. The molecule has 4 heteroatoms. The molecule has 106 valence electrons. The predicted molar refractivity (Wildman–Crippen MR) is 77.9 cm³/mol. The molecule has 0 heterocycles. The van der Waals surface area contributed by atoms with Crippen LogP contribution in [0.1, 0.15) is 38.2 Å². The van der Waals surface area contributed by atoms with Gasteiger partial charge in [-0.25, -0.2) is 0 Å². The Kier molecular flexibility index (Phi) is 7.66. The van der Waals surface area contributed by atoms with Crippen molar-refractivity contribution < 1.29 is 9.47 Å². The van der Waals surface area contributed by atoms with Crippen molar-refractivity contribution in [2.75, 3.05) is 19.8 Å². The van der Waals surface area contributed by atoms with Gasteiger partial charge in [0.05, 0.1) is 6.61 Å². The Morgan fingerprint density at radius 1 is 1.05 bits per heavy atom. The molecule has 0 aliphatic rings. The highest BCUT2D eigenvalue weighted by atomic mass is 16.5. The normalized spacial score (nSPS) is 10.4. The second-order valence-electron chi connectivity index (χ2n) is 4.46. The minimum Gasteiger partial charge on any atom is -0.491 e. The van der Waals surface area contributed by atoms with Crippen molar-refractivity contribution in [3.8, 4) is 5.75 Å². The first kappa shape index (κ1) is 15.5. The lowest BCUT2D eigenvalue weighted by Crippen LogP contribution is -2.11. The molecule has 0 radical (unpaired) electrons. The number of nitrogens with one attached hydrogen (secondary N) is 1. The topological polar surface area (TPSA) is 68.3 Å². The maximum absolute atomic E-state index is 7.28. The van der Waals surface area contributed by atoms with E-state index in [1.807, 2.05) is 12.1 Å². The summed E-state index contributed by atoms with van der Waals surface area (Å²) in [6.45, 7) is 4.17. The smallest absolute Gasteiger partial charge is 0.122 e. The number of rotatable bonds is 10. The second-order valence-corrected chi connectivity index (χ2v) is 4.46. The van der Waals surface area contributed by atoms with Crippen LogP contribution in [0, 0.1) is 5.41 Å². The lowest BCUT2D eigenvalue weighted by atomic mass is 10.2. The summed E-state index contributed by atoms with van der Waals surface area (Å²) < 4.78 is 11.0. The first-order chi connectivity index (χ1) is 9.24. The van der Waals surface area contributed by atoms with E-state index >= 15 is 0 Å². The summed E-state index contributed by atoms with van der Waals surface area (Å²) in [6, 6.07) is 7.20. The highest BCUT2D eigenvalue weighted by molar-refractivity contribution is 5.94. The molecular weight excluding hydrogens is 240 g/mol. The number of nitrogens with two attached hydrogens (primary N) is 1. The van der Waals surface area contributed by atoms with Crippen LogP contribution in [0.15, 0.2) is 24.3 Å². The largest absolute Gasteiger partial charge is 0.491 e. The van der Waals surface area contributed by atoms with Gasteiger partial charge in [-0.2, -0.15) is 0 Å². The Bertz CT molecular complexity index is 363. The molecule has 1 aromatic carbocycles. The zero-order valence-corrected chi connectivity index (χ0v) is 11.7. The molecule has 0 amide bonds. The van der Waals surface area contributed by atoms with E-state index in [1.54, 1.807) is 12.1 Å². The van der Waals surface area contributed by atoms with Gasteiger partial charge in [0.1, 0.15) is 18.2 Å². The van der Waals surface area contributed by atoms with Crippen molar-refractivity contribution in [2.45, 2.75) is 32.6 Å². The quantitative estimate of drug-likeness (QED) is 0.388. The minimum atomic E-state index is 0.0713. The van der Waals surface area contributed by atoms with Crippen LogP contribution in [0.3, 0.4) is 0 Å². The van der Waals surface area contributed by atoms with Crippen molar-refractivity contribution in [3.05, 3.63) is 29.8 Å². The fraction of sp³-hybridized carbons (Fsp3) is 0.533. The predicted octanol–water partition coefficient (Wildman–Crippen LogP) is 2.95. The van der Waals surface area contributed by atoms with Crippen LogP contribution in [-0.2, 0) is 4.74 Å². The monoisotopic (exact) mass is 264 g/mol. The minimum absolute atomic E-state index is 0.0713. The average Bonchev–Trinajstić information content (AvgIpc) is 2.42. The average molecular weight is 264 g/mol. The molecule has 0 atom stereocenters. The van der Waals surface area contributed by atoms with Gasteiger partial charge in [0.15, 0.2) is 0 Å². The van der Waals surface area contributed by atoms with Gasteiger partial charge in [0.2, 0.25) is 0 Å². The van der Waals surface area contributed by atoms with E-state index in [9.17, 15) is 0 Å². The molecule has 0 fully saturated rings. The summed E-state index contributed by atoms with van der Waals surface area (Å²) in [4.78, 5) is 0. The van der Waals surface area contributed by atoms with Crippen LogP contribution in [0.5, 0.6) is 5.75 Å². The van der Waals surface area contributed by atoms with E-state index in [1.165, 1.54) is 19.3 Å². The van der Waals surface area contributed by atoms with Gasteiger partial charge in [-0.05, 0) is 30.7 Å².